The van der Waals surface area contributed by atoms with E-state index in [4.69, 9.17) is 9.84 Å². The highest BCUT2D eigenvalue weighted by atomic mass is 79.9. The van der Waals surface area contributed by atoms with Crippen LogP contribution < -0.4 is 0 Å². The molecule has 3 nitrogen and oxygen atoms in total. The molecule has 0 aromatic heterocycles. The average Bonchev–Trinajstić information content (AvgIpc) is 2.08. The first-order valence-corrected chi connectivity index (χ1v) is 4.62. The minimum atomic E-state index is -1.07. The molecule has 1 aromatic rings. The van der Waals surface area contributed by atoms with E-state index in [1.165, 1.54) is 6.07 Å². The van der Waals surface area contributed by atoms with E-state index in [1.807, 2.05) is 0 Å². The molecule has 0 spiro atoms. The molecule has 1 rings (SSSR count). The zero-order chi connectivity index (χ0) is 10.6. The maximum Gasteiger partial charge on any atom is 0.329 e. The molecule has 14 heavy (non-hydrogen) atoms. The molecule has 1 N–H and O–H groups in total. The third kappa shape index (κ3) is 3.43. The number of carboxylic acids is 1. The molecule has 0 fully saturated rings. The van der Waals surface area contributed by atoms with Crippen molar-refractivity contribution < 1.29 is 19.0 Å². The van der Waals surface area contributed by atoms with Crippen LogP contribution in [-0.4, -0.2) is 17.7 Å². The van der Waals surface area contributed by atoms with Crippen molar-refractivity contribution in [1.82, 2.24) is 0 Å². The first-order valence-electron chi connectivity index (χ1n) is 3.83. The van der Waals surface area contributed by atoms with Crippen molar-refractivity contribution >= 4 is 21.9 Å². The van der Waals surface area contributed by atoms with E-state index in [0.29, 0.717) is 10.0 Å². The molecule has 0 saturated carbocycles. The van der Waals surface area contributed by atoms with Crippen LogP contribution in [0.1, 0.15) is 5.56 Å². The SMILES string of the molecule is O=C(O)COCc1ccc(Br)cc1F. The summed E-state index contributed by atoms with van der Waals surface area (Å²) in [6, 6.07) is 4.52. The van der Waals surface area contributed by atoms with Crippen LogP contribution in [-0.2, 0) is 16.1 Å². The highest BCUT2D eigenvalue weighted by Gasteiger charge is 2.03. The number of carbonyl (C=O) groups is 1. The Labute approximate surface area is 88.6 Å². The third-order valence-corrected chi connectivity index (χ3v) is 1.99. The van der Waals surface area contributed by atoms with Crippen LogP contribution in [0, 0.1) is 5.82 Å². The van der Waals surface area contributed by atoms with Crippen molar-refractivity contribution in [3.63, 3.8) is 0 Å². The Bertz CT molecular complexity index is 341. The molecule has 0 radical (unpaired) electrons. The van der Waals surface area contributed by atoms with Gasteiger partial charge in [0.25, 0.3) is 0 Å². The number of carboxylic acid groups (broad SMARTS) is 1. The van der Waals surface area contributed by atoms with Crippen LogP contribution >= 0.6 is 15.9 Å². The zero-order valence-corrected chi connectivity index (χ0v) is 8.75. The molecule has 1 aromatic carbocycles. The number of aliphatic carboxylic acids is 1. The van der Waals surface area contributed by atoms with Crippen molar-refractivity contribution in [1.29, 1.82) is 0 Å². The molecule has 0 amide bonds. The topological polar surface area (TPSA) is 46.5 Å². The van der Waals surface area contributed by atoms with Gasteiger partial charge in [0, 0.05) is 10.0 Å². The van der Waals surface area contributed by atoms with E-state index in [2.05, 4.69) is 15.9 Å². The number of hydrogen-bond donors (Lipinski definition) is 1. The second-order valence-corrected chi connectivity index (χ2v) is 3.54. The lowest BCUT2D eigenvalue weighted by molar-refractivity contribution is -0.142. The average molecular weight is 263 g/mol. The predicted octanol–water partition coefficient (Wildman–Crippen LogP) is 2.19. The summed E-state index contributed by atoms with van der Waals surface area (Å²) in [7, 11) is 0. The molecule has 5 heteroatoms. The van der Waals surface area contributed by atoms with Crippen LogP contribution in [0.4, 0.5) is 4.39 Å². The van der Waals surface area contributed by atoms with E-state index in [0.717, 1.165) is 0 Å². The Morgan fingerprint density at radius 3 is 2.86 bits per heavy atom. The number of rotatable bonds is 4. The van der Waals surface area contributed by atoms with Crippen molar-refractivity contribution in [3.8, 4) is 0 Å². The van der Waals surface area contributed by atoms with E-state index >= 15 is 0 Å². The summed E-state index contributed by atoms with van der Waals surface area (Å²) in [5, 5.41) is 8.28. The molecule has 0 heterocycles. The summed E-state index contributed by atoms with van der Waals surface area (Å²) in [5.41, 5.74) is 0.342. The molecular formula is C9H8BrFO3. The first kappa shape index (κ1) is 11.1. The molecule has 76 valence electrons. The van der Waals surface area contributed by atoms with Crippen molar-refractivity contribution in [2.24, 2.45) is 0 Å². The highest BCUT2D eigenvalue weighted by molar-refractivity contribution is 9.10. The van der Waals surface area contributed by atoms with Gasteiger partial charge in [0.05, 0.1) is 6.61 Å². The Kier molecular flexibility index (Phi) is 4.03. The fourth-order valence-corrected chi connectivity index (χ4v) is 1.22. The summed E-state index contributed by atoms with van der Waals surface area (Å²) in [6.07, 6.45) is 0. The summed E-state index contributed by atoms with van der Waals surface area (Å²) in [4.78, 5) is 10.1. The van der Waals surface area contributed by atoms with Gasteiger partial charge in [0.15, 0.2) is 0 Å². The van der Waals surface area contributed by atoms with Crippen LogP contribution in [0.25, 0.3) is 0 Å². The van der Waals surface area contributed by atoms with Crippen LogP contribution in [0.2, 0.25) is 0 Å². The molecule has 0 unspecified atom stereocenters. The molecule has 0 aliphatic heterocycles. The minimum Gasteiger partial charge on any atom is -0.480 e. The number of halogens is 2. The summed E-state index contributed by atoms with van der Waals surface area (Å²) in [6.45, 7) is -0.457. The van der Waals surface area contributed by atoms with Crippen LogP contribution in [0.3, 0.4) is 0 Å². The molecule has 0 atom stereocenters. The zero-order valence-electron chi connectivity index (χ0n) is 7.17. The normalized spacial score (nSPS) is 10.1. The Balaban J connectivity index is 2.55. The molecular weight excluding hydrogens is 255 g/mol. The number of ether oxygens (including phenoxy) is 1. The monoisotopic (exact) mass is 262 g/mol. The maximum absolute atomic E-state index is 13.1. The van der Waals surface area contributed by atoms with E-state index in [9.17, 15) is 9.18 Å². The van der Waals surface area contributed by atoms with E-state index in [-0.39, 0.29) is 6.61 Å². The Morgan fingerprint density at radius 2 is 2.29 bits per heavy atom. The van der Waals surface area contributed by atoms with Gasteiger partial charge in [-0.15, -0.1) is 0 Å². The molecule has 0 aliphatic rings. The van der Waals surface area contributed by atoms with Crippen molar-refractivity contribution in [2.45, 2.75) is 6.61 Å². The van der Waals surface area contributed by atoms with Gasteiger partial charge in [-0.25, -0.2) is 9.18 Å². The van der Waals surface area contributed by atoms with Crippen LogP contribution in [0.15, 0.2) is 22.7 Å². The fourth-order valence-electron chi connectivity index (χ4n) is 0.887. The second kappa shape index (κ2) is 5.07. The quantitative estimate of drug-likeness (QED) is 0.905. The summed E-state index contributed by atoms with van der Waals surface area (Å²) < 4.78 is 18.5. The molecule has 0 saturated heterocycles. The Morgan fingerprint density at radius 1 is 1.57 bits per heavy atom. The number of benzene rings is 1. The molecule has 0 aliphatic carbocycles. The summed E-state index contributed by atoms with van der Waals surface area (Å²) >= 11 is 3.11. The van der Waals surface area contributed by atoms with Gasteiger partial charge < -0.3 is 9.84 Å². The lowest BCUT2D eigenvalue weighted by Crippen LogP contribution is -2.07. The minimum absolute atomic E-state index is 0.0363. The molecule has 0 bridgehead atoms. The van der Waals surface area contributed by atoms with Gasteiger partial charge in [0.2, 0.25) is 0 Å². The highest BCUT2D eigenvalue weighted by Crippen LogP contribution is 2.15. The lowest BCUT2D eigenvalue weighted by atomic mass is 10.2. The van der Waals surface area contributed by atoms with Gasteiger partial charge in [-0.1, -0.05) is 22.0 Å². The Hall–Kier alpha value is -0.940. The standard InChI is InChI=1S/C9H8BrFO3/c10-7-2-1-6(8(11)3-7)4-14-5-9(12)13/h1-3H,4-5H2,(H,12,13). The van der Waals surface area contributed by atoms with Crippen molar-refractivity contribution in [2.75, 3.05) is 6.61 Å². The van der Waals surface area contributed by atoms with Crippen LogP contribution in [0.5, 0.6) is 0 Å². The van der Waals surface area contributed by atoms with Gasteiger partial charge in [0.1, 0.15) is 12.4 Å². The third-order valence-electron chi connectivity index (χ3n) is 1.50. The predicted molar refractivity (Wildman–Crippen MR) is 51.4 cm³/mol. The second-order valence-electron chi connectivity index (χ2n) is 2.62. The first-order chi connectivity index (χ1) is 6.59. The largest absolute Gasteiger partial charge is 0.480 e. The number of hydrogen-bond acceptors (Lipinski definition) is 2. The smallest absolute Gasteiger partial charge is 0.329 e. The van der Waals surface area contributed by atoms with Gasteiger partial charge in [-0.05, 0) is 12.1 Å². The lowest BCUT2D eigenvalue weighted by Gasteiger charge is -2.03. The van der Waals surface area contributed by atoms with Gasteiger partial charge >= 0.3 is 5.97 Å². The fraction of sp³-hybridized carbons (Fsp3) is 0.222. The van der Waals surface area contributed by atoms with E-state index < -0.39 is 18.4 Å². The maximum atomic E-state index is 13.1. The summed E-state index contributed by atoms with van der Waals surface area (Å²) in [5.74, 6) is -1.48. The van der Waals surface area contributed by atoms with Crippen molar-refractivity contribution in [3.05, 3.63) is 34.1 Å². The van der Waals surface area contributed by atoms with Gasteiger partial charge in [-0.2, -0.15) is 0 Å². The van der Waals surface area contributed by atoms with E-state index in [1.54, 1.807) is 12.1 Å². The van der Waals surface area contributed by atoms with Gasteiger partial charge in [-0.3, -0.25) is 0 Å².